The van der Waals surface area contributed by atoms with Crippen LogP contribution in [0.5, 0.6) is 0 Å². The van der Waals surface area contributed by atoms with Crippen molar-refractivity contribution in [2.24, 2.45) is 11.7 Å². The average molecular weight is 189 g/mol. The first-order chi connectivity index (χ1) is 5.77. The Kier molecular flexibility index (Phi) is 4.06. The molecular formula is C9H17ClN2. The van der Waals surface area contributed by atoms with E-state index in [4.69, 9.17) is 17.3 Å². The average Bonchev–Trinajstić information content (AvgIpc) is 2.43. The lowest BCUT2D eigenvalue weighted by Crippen LogP contribution is -2.27. The number of rotatable bonds is 3. The second-order valence-corrected chi connectivity index (χ2v) is 3.75. The molecule has 2 atom stereocenters. The number of nitrogens with two attached hydrogens (primary N) is 1. The molecule has 1 rings (SSSR count). The fraction of sp³-hybridized carbons (Fsp3) is 0.778. The summed E-state index contributed by atoms with van der Waals surface area (Å²) in [6.07, 6.45) is 3.21. The molecule has 0 saturated carbocycles. The molecule has 0 amide bonds. The molecule has 0 aliphatic carbocycles. The summed E-state index contributed by atoms with van der Waals surface area (Å²) < 4.78 is 0. The van der Waals surface area contributed by atoms with E-state index in [2.05, 4.69) is 11.8 Å². The summed E-state index contributed by atoms with van der Waals surface area (Å²) in [6.45, 7) is 5.14. The number of hydrogen-bond acceptors (Lipinski definition) is 2. The largest absolute Gasteiger partial charge is 0.330 e. The highest BCUT2D eigenvalue weighted by Gasteiger charge is 2.26. The molecule has 2 nitrogen and oxygen atoms in total. The molecule has 2 unspecified atom stereocenters. The van der Waals surface area contributed by atoms with Crippen LogP contribution >= 0.6 is 11.6 Å². The molecule has 12 heavy (non-hydrogen) atoms. The van der Waals surface area contributed by atoms with Gasteiger partial charge in [-0.1, -0.05) is 17.7 Å². The fourth-order valence-corrected chi connectivity index (χ4v) is 1.90. The van der Waals surface area contributed by atoms with Gasteiger partial charge in [-0.25, -0.2) is 0 Å². The van der Waals surface area contributed by atoms with Gasteiger partial charge >= 0.3 is 0 Å². The summed E-state index contributed by atoms with van der Waals surface area (Å²) in [4.78, 5) is 2.41. The van der Waals surface area contributed by atoms with Gasteiger partial charge in [0.25, 0.3) is 0 Å². The Hall–Kier alpha value is -0.0500. The third-order valence-corrected chi connectivity index (χ3v) is 2.73. The van der Waals surface area contributed by atoms with Gasteiger partial charge in [-0.05, 0) is 25.8 Å². The minimum absolute atomic E-state index is 0.659. The van der Waals surface area contributed by atoms with Crippen molar-refractivity contribution in [2.45, 2.75) is 19.4 Å². The van der Waals surface area contributed by atoms with Crippen LogP contribution in [0.25, 0.3) is 0 Å². The van der Waals surface area contributed by atoms with Gasteiger partial charge in [0, 0.05) is 24.7 Å². The number of likely N-dealkylation sites (tertiary alicyclic amines) is 1. The second kappa shape index (κ2) is 4.85. The maximum atomic E-state index is 5.62. The van der Waals surface area contributed by atoms with Crippen LogP contribution in [0.3, 0.4) is 0 Å². The molecule has 1 heterocycles. The Morgan fingerprint density at radius 2 is 2.42 bits per heavy atom. The molecule has 0 aromatic rings. The molecule has 3 heteroatoms. The zero-order chi connectivity index (χ0) is 8.97. The predicted octanol–water partition coefficient (Wildman–Crippen LogP) is 1.41. The Morgan fingerprint density at radius 3 is 2.92 bits per heavy atom. The maximum absolute atomic E-state index is 5.62. The monoisotopic (exact) mass is 188 g/mol. The van der Waals surface area contributed by atoms with E-state index >= 15 is 0 Å². The van der Waals surface area contributed by atoms with Crippen LogP contribution in [0, 0.1) is 5.92 Å². The summed E-state index contributed by atoms with van der Waals surface area (Å²) in [6, 6.07) is 0.659. The van der Waals surface area contributed by atoms with Gasteiger partial charge in [-0.2, -0.15) is 0 Å². The fourth-order valence-electron chi connectivity index (χ4n) is 1.82. The highest BCUT2D eigenvalue weighted by Crippen LogP contribution is 2.21. The predicted molar refractivity (Wildman–Crippen MR) is 53.2 cm³/mol. The lowest BCUT2D eigenvalue weighted by molar-refractivity contribution is 0.293. The zero-order valence-corrected chi connectivity index (χ0v) is 8.30. The van der Waals surface area contributed by atoms with Crippen molar-refractivity contribution in [1.82, 2.24) is 4.90 Å². The van der Waals surface area contributed by atoms with Crippen LogP contribution in [0.15, 0.2) is 11.6 Å². The summed E-state index contributed by atoms with van der Waals surface area (Å²) in [5.41, 5.74) is 7.20. The van der Waals surface area contributed by atoms with E-state index in [1.165, 1.54) is 6.42 Å². The molecule has 1 saturated heterocycles. The SMILES string of the molecule is CC1CC(CN)CN1C/C=C/Cl. The molecule has 0 spiro atoms. The number of nitrogens with zero attached hydrogens (tertiary/aromatic N) is 1. The first-order valence-electron chi connectivity index (χ1n) is 4.47. The van der Waals surface area contributed by atoms with Gasteiger partial charge in [-0.3, -0.25) is 4.90 Å². The first-order valence-corrected chi connectivity index (χ1v) is 4.91. The topological polar surface area (TPSA) is 29.3 Å². The van der Waals surface area contributed by atoms with Crippen LogP contribution in [0.4, 0.5) is 0 Å². The van der Waals surface area contributed by atoms with Crippen LogP contribution in [-0.2, 0) is 0 Å². The summed E-state index contributed by atoms with van der Waals surface area (Å²) >= 11 is 5.47. The number of hydrogen-bond donors (Lipinski definition) is 1. The van der Waals surface area contributed by atoms with Crippen molar-refractivity contribution in [1.29, 1.82) is 0 Å². The first kappa shape index (κ1) is 10.0. The minimum atomic E-state index is 0.659. The van der Waals surface area contributed by atoms with E-state index in [9.17, 15) is 0 Å². The lowest BCUT2D eigenvalue weighted by Gasteiger charge is -2.18. The van der Waals surface area contributed by atoms with Crippen molar-refractivity contribution in [3.63, 3.8) is 0 Å². The lowest BCUT2D eigenvalue weighted by atomic mass is 10.1. The third kappa shape index (κ3) is 2.47. The van der Waals surface area contributed by atoms with Crippen LogP contribution in [0.2, 0.25) is 0 Å². The molecule has 1 fully saturated rings. The molecule has 2 N–H and O–H groups in total. The Balaban J connectivity index is 2.35. The van der Waals surface area contributed by atoms with Crippen LogP contribution in [-0.4, -0.2) is 30.6 Å². The zero-order valence-electron chi connectivity index (χ0n) is 7.54. The second-order valence-electron chi connectivity index (χ2n) is 3.50. The van der Waals surface area contributed by atoms with Gasteiger partial charge in [0.05, 0.1) is 0 Å². The molecule has 1 aliphatic heterocycles. The van der Waals surface area contributed by atoms with E-state index in [-0.39, 0.29) is 0 Å². The Bertz CT molecular complexity index is 159. The number of halogens is 1. The van der Waals surface area contributed by atoms with E-state index in [0.29, 0.717) is 12.0 Å². The van der Waals surface area contributed by atoms with Gasteiger partial charge in [0.2, 0.25) is 0 Å². The van der Waals surface area contributed by atoms with Gasteiger partial charge < -0.3 is 5.73 Å². The van der Waals surface area contributed by atoms with E-state index < -0.39 is 0 Å². The summed E-state index contributed by atoms with van der Waals surface area (Å²) in [5, 5.41) is 0. The van der Waals surface area contributed by atoms with E-state index in [1.807, 2.05) is 6.08 Å². The van der Waals surface area contributed by atoms with Crippen LogP contribution < -0.4 is 5.73 Å². The smallest absolute Gasteiger partial charge is 0.0177 e. The summed E-state index contributed by atoms with van der Waals surface area (Å²) in [7, 11) is 0. The minimum Gasteiger partial charge on any atom is -0.330 e. The van der Waals surface area contributed by atoms with E-state index in [1.54, 1.807) is 5.54 Å². The molecule has 0 bridgehead atoms. The van der Waals surface area contributed by atoms with Crippen molar-refractivity contribution in [2.75, 3.05) is 19.6 Å². The molecular weight excluding hydrogens is 172 g/mol. The van der Waals surface area contributed by atoms with Crippen LogP contribution in [0.1, 0.15) is 13.3 Å². The summed E-state index contributed by atoms with van der Waals surface area (Å²) in [5.74, 6) is 0.684. The Labute approximate surface area is 79.4 Å². The van der Waals surface area contributed by atoms with Crippen molar-refractivity contribution in [3.8, 4) is 0 Å². The third-order valence-electron chi connectivity index (χ3n) is 2.55. The molecule has 0 aromatic carbocycles. The standard InChI is InChI=1S/C9H17ClN2/c1-8-5-9(6-11)7-12(8)4-2-3-10/h2-3,8-9H,4-7,11H2,1H3/b3-2+. The van der Waals surface area contributed by atoms with Crippen molar-refractivity contribution < 1.29 is 0 Å². The normalized spacial score (nSPS) is 31.9. The highest BCUT2D eigenvalue weighted by molar-refractivity contribution is 6.25. The van der Waals surface area contributed by atoms with Gasteiger partial charge in [0.1, 0.15) is 0 Å². The molecule has 1 aliphatic rings. The van der Waals surface area contributed by atoms with Gasteiger partial charge in [0.15, 0.2) is 0 Å². The van der Waals surface area contributed by atoms with E-state index in [0.717, 1.165) is 19.6 Å². The van der Waals surface area contributed by atoms with Crippen molar-refractivity contribution in [3.05, 3.63) is 11.6 Å². The molecule has 70 valence electrons. The molecule has 0 radical (unpaired) electrons. The Morgan fingerprint density at radius 1 is 1.67 bits per heavy atom. The quantitative estimate of drug-likeness (QED) is 0.726. The van der Waals surface area contributed by atoms with Gasteiger partial charge in [-0.15, -0.1) is 0 Å². The van der Waals surface area contributed by atoms with Crippen molar-refractivity contribution >= 4 is 11.6 Å². The maximum Gasteiger partial charge on any atom is 0.0177 e. The highest BCUT2D eigenvalue weighted by atomic mass is 35.5. The molecule has 0 aromatic heterocycles.